The second-order valence-corrected chi connectivity index (χ2v) is 5.78. The van der Waals surface area contributed by atoms with Crippen LogP contribution in [0.5, 0.6) is 0 Å². The minimum atomic E-state index is 0.358. The lowest BCUT2D eigenvalue weighted by Gasteiger charge is -2.38. The molecular formula is C15H18N4. The van der Waals surface area contributed by atoms with Crippen LogP contribution in [0.4, 0.5) is 5.82 Å². The lowest BCUT2D eigenvalue weighted by atomic mass is 9.97. The summed E-state index contributed by atoms with van der Waals surface area (Å²) in [5.74, 6) is 1.05. The summed E-state index contributed by atoms with van der Waals surface area (Å²) in [5.41, 5.74) is 6.15. The summed E-state index contributed by atoms with van der Waals surface area (Å²) in [6.45, 7) is 0. The Hall–Kier alpha value is -1.68. The molecule has 2 aromatic rings. The molecular weight excluding hydrogens is 236 g/mol. The van der Waals surface area contributed by atoms with Crippen molar-refractivity contribution in [2.45, 2.75) is 43.8 Å². The summed E-state index contributed by atoms with van der Waals surface area (Å²) < 4.78 is 0. The molecule has 0 saturated carbocycles. The predicted octanol–water partition coefficient (Wildman–Crippen LogP) is 2.09. The Balaban J connectivity index is 1.83. The third kappa shape index (κ3) is 1.70. The molecule has 1 aromatic heterocycles. The highest BCUT2D eigenvalue weighted by Gasteiger charge is 2.40. The van der Waals surface area contributed by atoms with Crippen LogP contribution in [0, 0.1) is 0 Å². The molecule has 0 spiro atoms. The van der Waals surface area contributed by atoms with E-state index in [1.807, 2.05) is 6.20 Å². The van der Waals surface area contributed by atoms with E-state index in [0.29, 0.717) is 18.1 Å². The van der Waals surface area contributed by atoms with Gasteiger partial charge < -0.3 is 10.6 Å². The molecule has 2 aliphatic heterocycles. The van der Waals surface area contributed by atoms with Gasteiger partial charge in [0.15, 0.2) is 5.82 Å². The van der Waals surface area contributed by atoms with E-state index in [1.165, 1.54) is 23.6 Å². The van der Waals surface area contributed by atoms with Crippen molar-refractivity contribution in [3.8, 4) is 0 Å². The Kier molecular flexibility index (Phi) is 2.45. The van der Waals surface area contributed by atoms with E-state index in [4.69, 9.17) is 5.73 Å². The summed E-state index contributed by atoms with van der Waals surface area (Å²) >= 11 is 0. The molecule has 19 heavy (non-hydrogen) atoms. The molecule has 1 aromatic carbocycles. The highest BCUT2D eigenvalue weighted by Crippen LogP contribution is 2.40. The SMILES string of the molecule is NC1CC2CCC(C1)N2c1nncc2ccccc12. The maximum absolute atomic E-state index is 6.15. The van der Waals surface area contributed by atoms with Gasteiger partial charge in [-0.15, -0.1) is 5.10 Å². The monoisotopic (exact) mass is 254 g/mol. The zero-order chi connectivity index (χ0) is 12.8. The molecule has 2 fully saturated rings. The molecule has 3 heterocycles. The third-order valence-corrected chi connectivity index (χ3v) is 4.57. The molecule has 2 unspecified atom stereocenters. The van der Waals surface area contributed by atoms with Crippen LogP contribution in [-0.4, -0.2) is 28.3 Å². The molecule has 4 nitrogen and oxygen atoms in total. The standard InChI is InChI=1S/C15H18N4/c16-11-7-12-5-6-13(8-11)19(12)15-14-4-2-1-3-10(14)9-17-18-15/h1-4,9,11-13H,5-8,16H2. The molecule has 2 aliphatic rings. The number of benzene rings is 1. The first kappa shape index (κ1) is 11.2. The lowest BCUT2D eigenvalue weighted by molar-refractivity contribution is 0.412. The summed E-state index contributed by atoms with van der Waals surface area (Å²) in [7, 11) is 0. The Morgan fingerprint density at radius 3 is 2.63 bits per heavy atom. The Bertz CT molecular complexity index is 593. The largest absolute Gasteiger partial charge is 0.349 e. The Morgan fingerprint density at radius 2 is 1.84 bits per heavy atom. The molecule has 2 atom stereocenters. The summed E-state index contributed by atoms with van der Waals surface area (Å²) in [6, 6.07) is 9.83. The van der Waals surface area contributed by atoms with E-state index < -0.39 is 0 Å². The van der Waals surface area contributed by atoms with Crippen molar-refractivity contribution in [3.63, 3.8) is 0 Å². The maximum atomic E-state index is 6.15. The van der Waals surface area contributed by atoms with Gasteiger partial charge in [0.2, 0.25) is 0 Å². The molecule has 4 heteroatoms. The summed E-state index contributed by atoms with van der Waals surface area (Å²) in [6.07, 6.45) is 6.49. The van der Waals surface area contributed by atoms with Crippen LogP contribution >= 0.6 is 0 Å². The molecule has 2 saturated heterocycles. The van der Waals surface area contributed by atoms with Gasteiger partial charge in [0.05, 0.1) is 6.20 Å². The van der Waals surface area contributed by atoms with Crippen LogP contribution in [0.3, 0.4) is 0 Å². The molecule has 4 rings (SSSR count). The van der Waals surface area contributed by atoms with Crippen LogP contribution in [-0.2, 0) is 0 Å². The van der Waals surface area contributed by atoms with Gasteiger partial charge in [-0.05, 0) is 25.7 Å². The van der Waals surface area contributed by atoms with Gasteiger partial charge in [0.1, 0.15) is 0 Å². The van der Waals surface area contributed by atoms with Gasteiger partial charge in [-0.25, -0.2) is 0 Å². The van der Waals surface area contributed by atoms with Crippen LogP contribution in [0.2, 0.25) is 0 Å². The summed E-state index contributed by atoms with van der Waals surface area (Å²) in [4.78, 5) is 2.48. The summed E-state index contributed by atoms with van der Waals surface area (Å²) in [5, 5.41) is 11.0. The molecule has 0 aliphatic carbocycles. The van der Waals surface area contributed by atoms with E-state index in [1.54, 1.807) is 0 Å². The molecule has 98 valence electrons. The van der Waals surface area contributed by atoms with Crippen molar-refractivity contribution in [3.05, 3.63) is 30.5 Å². The number of hydrogen-bond donors (Lipinski definition) is 1. The van der Waals surface area contributed by atoms with E-state index in [-0.39, 0.29) is 0 Å². The number of anilines is 1. The Morgan fingerprint density at radius 1 is 1.11 bits per heavy atom. The Labute approximate surface area is 112 Å². The van der Waals surface area contributed by atoms with Gasteiger partial charge in [0.25, 0.3) is 0 Å². The van der Waals surface area contributed by atoms with Gasteiger partial charge in [-0.1, -0.05) is 24.3 Å². The third-order valence-electron chi connectivity index (χ3n) is 4.57. The fourth-order valence-electron chi connectivity index (χ4n) is 3.77. The van der Waals surface area contributed by atoms with E-state index in [2.05, 4.69) is 39.4 Å². The fraction of sp³-hybridized carbons (Fsp3) is 0.467. The maximum Gasteiger partial charge on any atom is 0.159 e. The van der Waals surface area contributed by atoms with Crippen LogP contribution in [0.15, 0.2) is 30.5 Å². The first-order valence-corrected chi connectivity index (χ1v) is 7.07. The first-order chi connectivity index (χ1) is 9.33. The predicted molar refractivity (Wildman–Crippen MR) is 76.0 cm³/mol. The normalized spacial score (nSPS) is 29.9. The fourth-order valence-corrected chi connectivity index (χ4v) is 3.77. The van der Waals surface area contributed by atoms with E-state index in [9.17, 15) is 0 Å². The average Bonchev–Trinajstić information content (AvgIpc) is 2.70. The van der Waals surface area contributed by atoms with Crippen molar-refractivity contribution in [2.75, 3.05) is 4.90 Å². The van der Waals surface area contributed by atoms with E-state index in [0.717, 1.165) is 18.7 Å². The second kappa shape index (κ2) is 4.17. The number of rotatable bonds is 1. The highest BCUT2D eigenvalue weighted by molar-refractivity contribution is 5.91. The van der Waals surface area contributed by atoms with Crippen LogP contribution < -0.4 is 10.6 Å². The van der Waals surface area contributed by atoms with Crippen molar-refractivity contribution in [1.82, 2.24) is 10.2 Å². The van der Waals surface area contributed by atoms with Crippen molar-refractivity contribution >= 4 is 16.6 Å². The van der Waals surface area contributed by atoms with Crippen molar-refractivity contribution in [2.24, 2.45) is 5.73 Å². The number of nitrogens with two attached hydrogens (primary N) is 1. The smallest absolute Gasteiger partial charge is 0.159 e. The van der Waals surface area contributed by atoms with Gasteiger partial charge in [-0.3, -0.25) is 0 Å². The van der Waals surface area contributed by atoms with Gasteiger partial charge in [0, 0.05) is 28.9 Å². The van der Waals surface area contributed by atoms with Crippen LogP contribution in [0.1, 0.15) is 25.7 Å². The topological polar surface area (TPSA) is 55.0 Å². The number of aromatic nitrogens is 2. The van der Waals surface area contributed by atoms with E-state index >= 15 is 0 Å². The van der Waals surface area contributed by atoms with Gasteiger partial charge >= 0.3 is 0 Å². The average molecular weight is 254 g/mol. The molecule has 0 amide bonds. The highest BCUT2D eigenvalue weighted by atomic mass is 15.3. The number of piperidine rings is 1. The number of nitrogens with zero attached hydrogens (tertiary/aromatic N) is 3. The minimum absolute atomic E-state index is 0.358. The molecule has 0 radical (unpaired) electrons. The van der Waals surface area contributed by atoms with Crippen molar-refractivity contribution < 1.29 is 0 Å². The quantitative estimate of drug-likeness (QED) is 0.846. The zero-order valence-corrected chi connectivity index (χ0v) is 10.9. The minimum Gasteiger partial charge on any atom is -0.349 e. The number of hydrogen-bond acceptors (Lipinski definition) is 4. The van der Waals surface area contributed by atoms with Crippen LogP contribution in [0.25, 0.3) is 10.8 Å². The zero-order valence-electron chi connectivity index (χ0n) is 10.9. The molecule has 2 N–H and O–H groups in total. The first-order valence-electron chi connectivity index (χ1n) is 7.07. The van der Waals surface area contributed by atoms with Gasteiger partial charge in [-0.2, -0.15) is 5.10 Å². The van der Waals surface area contributed by atoms with Crippen molar-refractivity contribution in [1.29, 1.82) is 0 Å². The second-order valence-electron chi connectivity index (χ2n) is 5.78. The number of fused-ring (bicyclic) bond motifs is 3. The lowest BCUT2D eigenvalue weighted by Crippen LogP contribution is -2.48. The molecule has 2 bridgehead atoms.